The lowest BCUT2D eigenvalue weighted by molar-refractivity contribution is -0.122. The molecule has 2 amide bonds. The summed E-state index contributed by atoms with van der Waals surface area (Å²) in [4.78, 5) is 42.0. The molecule has 39 heavy (non-hydrogen) atoms. The van der Waals surface area contributed by atoms with Gasteiger partial charge in [0.25, 0.3) is 5.91 Å². The summed E-state index contributed by atoms with van der Waals surface area (Å²) in [5.41, 5.74) is 3.47. The van der Waals surface area contributed by atoms with E-state index in [1.807, 2.05) is 19.9 Å². The number of sulfonamides is 1. The number of esters is 1. The molecule has 10 nitrogen and oxygen atoms in total. The largest absolute Gasteiger partial charge is 0.465 e. The normalized spacial score (nSPS) is 18.7. The highest BCUT2D eigenvalue weighted by atomic mass is 32.2. The van der Waals surface area contributed by atoms with Crippen LogP contribution in [0.5, 0.6) is 0 Å². The standard InChI is InChI=1S/C28H35N3O7S/c1-18-16-19(2)21(4)26(20(18)3)39(35,36)30(11-10-29-12-14-38-15-13-29)24-17-25(32)31(27(24)33)23-8-6-22(7-9-23)28(34)37-5/h6-9,16,24H,10-15,17H2,1-5H3. The van der Waals surface area contributed by atoms with Crippen LogP contribution in [0.2, 0.25) is 0 Å². The van der Waals surface area contributed by atoms with E-state index in [0.717, 1.165) is 16.0 Å². The molecule has 2 aliphatic rings. The van der Waals surface area contributed by atoms with E-state index in [-0.39, 0.29) is 29.1 Å². The molecule has 0 saturated carbocycles. The van der Waals surface area contributed by atoms with Gasteiger partial charge in [0, 0.05) is 26.2 Å². The molecule has 4 rings (SSSR count). The number of methoxy groups -OCH3 is 1. The molecule has 0 N–H and O–H groups in total. The van der Waals surface area contributed by atoms with Crippen molar-refractivity contribution in [3.63, 3.8) is 0 Å². The maximum Gasteiger partial charge on any atom is 0.337 e. The highest BCUT2D eigenvalue weighted by Gasteiger charge is 2.47. The maximum atomic E-state index is 14.3. The number of amides is 2. The molecule has 2 fully saturated rings. The lowest BCUT2D eigenvalue weighted by atomic mass is 10.0. The van der Waals surface area contributed by atoms with Crippen LogP contribution < -0.4 is 4.90 Å². The van der Waals surface area contributed by atoms with Crippen LogP contribution in [0.4, 0.5) is 5.69 Å². The predicted molar refractivity (Wildman–Crippen MR) is 145 cm³/mol. The van der Waals surface area contributed by atoms with Crippen molar-refractivity contribution in [1.29, 1.82) is 0 Å². The minimum absolute atomic E-state index is 0.0486. The number of aryl methyl sites for hydroxylation is 2. The van der Waals surface area contributed by atoms with Crippen molar-refractivity contribution in [2.45, 2.75) is 45.1 Å². The Morgan fingerprint density at radius 1 is 1.03 bits per heavy atom. The summed E-state index contributed by atoms with van der Waals surface area (Å²) in [6.07, 6.45) is -0.275. The number of rotatable bonds is 8. The van der Waals surface area contributed by atoms with Crippen LogP contribution in [-0.2, 0) is 29.1 Å². The third-order valence-electron chi connectivity index (χ3n) is 7.62. The molecule has 2 aromatic rings. The molecule has 0 aromatic heterocycles. The lowest BCUT2D eigenvalue weighted by Gasteiger charge is -2.32. The van der Waals surface area contributed by atoms with Gasteiger partial charge in [0.05, 0.1) is 42.9 Å². The molecule has 1 atom stereocenters. The molecule has 2 aliphatic heterocycles. The summed E-state index contributed by atoms with van der Waals surface area (Å²) < 4.78 is 40.0. The van der Waals surface area contributed by atoms with Gasteiger partial charge in [-0.2, -0.15) is 4.31 Å². The zero-order valence-corrected chi connectivity index (χ0v) is 23.8. The molecule has 0 aliphatic carbocycles. The van der Waals surface area contributed by atoms with E-state index in [1.165, 1.54) is 35.7 Å². The van der Waals surface area contributed by atoms with Crippen molar-refractivity contribution in [3.05, 3.63) is 58.1 Å². The molecule has 0 radical (unpaired) electrons. The first-order chi connectivity index (χ1) is 18.5. The average molecular weight is 558 g/mol. The van der Waals surface area contributed by atoms with Gasteiger partial charge in [0.15, 0.2) is 0 Å². The first-order valence-electron chi connectivity index (χ1n) is 12.9. The van der Waals surface area contributed by atoms with Gasteiger partial charge in [-0.1, -0.05) is 6.07 Å². The SMILES string of the molecule is COC(=O)c1ccc(N2C(=O)CC(N(CCN3CCOCC3)S(=O)(=O)c3c(C)c(C)cc(C)c3C)C2=O)cc1. The second-order valence-corrected chi connectivity index (χ2v) is 11.8. The van der Waals surface area contributed by atoms with Crippen LogP contribution in [0.15, 0.2) is 35.2 Å². The van der Waals surface area contributed by atoms with Gasteiger partial charge in [0.1, 0.15) is 6.04 Å². The second-order valence-electron chi connectivity index (χ2n) is 9.99. The number of imide groups is 1. The summed E-state index contributed by atoms with van der Waals surface area (Å²) in [6.45, 7) is 10.1. The number of benzene rings is 2. The Labute approximate surface area is 229 Å². The number of anilines is 1. The van der Waals surface area contributed by atoms with Gasteiger partial charge in [-0.3, -0.25) is 14.5 Å². The molecule has 1 unspecified atom stereocenters. The van der Waals surface area contributed by atoms with Crippen molar-refractivity contribution in [3.8, 4) is 0 Å². The molecular weight excluding hydrogens is 522 g/mol. The quantitative estimate of drug-likeness (QED) is 0.359. The zero-order chi connectivity index (χ0) is 28.5. The highest BCUT2D eigenvalue weighted by Crippen LogP contribution is 2.33. The van der Waals surface area contributed by atoms with Gasteiger partial charge in [-0.25, -0.2) is 18.1 Å². The third-order valence-corrected chi connectivity index (χ3v) is 9.80. The molecular formula is C28H35N3O7S. The Morgan fingerprint density at radius 2 is 1.62 bits per heavy atom. The van der Waals surface area contributed by atoms with Gasteiger partial charge in [-0.05, 0) is 74.2 Å². The van der Waals surface area contributed by atoms with Crippen LogP contribution in [0.3, 0.4) is 0 Å². The summed E-state index contributed by atoms with van der Waals surface area (Å²) in [7, 11) is -2.90. The maximum absolute atomic E-state index is 14.3. The summed E-state index contributed by atoms with van der Waals surface area (Å²) in [5, 5.41) is 0. The molecule has 0 spiro atoms. The zero-order valence-electron chi connectivity index (χ0n) is 23.0. The summed E-state index contributed by atoms with van der Waals surface area (Å²) in [5.74, 6) is -1.66. The fraction of sp³-hybridized carbons (Fsp3) is 0.464. The van der Waals surface area contributed by atoms with Gasteiger partial charge < -0.3 is 9.47 Å². The van der Waals surface area contributed by atoms with E-state index in [0.29, 0.717) is 44.0 Å². The summed E-state index contributed by atoms with van der Waals surface area (Å²) >= 11 is 0. The van der Waals surface area contributed by atoms with E-state index in [2.05, 4.69) is 4.90 Å². The van der Waals surface area contributed by atoms with Crippen molar-refractivity contribution in [2.24, 2.45) is 0 Å². The molecule has 2 aromatic carbocycles. The van der Waals surface area contributed by atoms with Crippen molar-refractivity contribution in [1.82, 2.24) is 9.21 Å². The summed E-state index contributed by atoms with van der Waals surface area (Å²) in [6, 6.07) is 6.65. The van der Waals surface area contributed by atoms with Crippen molar-refractivity contribution >= 4 is 33.5 Å². The highest BCUT2D eigenvalue weighted by molar-refractivity contribution is 7.89. The van der Waals surface area contributed by atoms with Crippen LogP contribution in [0, 0.1) is 27.7 Å². The number of hydrogen-bond donors (Lipinski definition) is 0. The molecule has 210 valence electrons. The smallest absolute Gasteiger partial charge is 0.337 e. The Balaban J connectivity index is 1.72. The minimum Gasteiger partial charge on any atom is -0.465 e. The second kappa shape index (κ2) is 11.5. The monoisotopic (exact) mass is 557 g/mol. The first-order valence-corrected chi connectivity index (χ1v) is 14.4. The number of hydrogen-bond acceptors (Lipinski definition) is 8. The minimum atomic E-state index is -4.16. The molecule has 2 heterocycles. The number of carbonyl (C=O) groups is 3. The fourth-order valence-electron chi connectivity index (χ4n) is 5.17. The number of morpholine rings is 1. The Kier molecular flexibility index (Phi) is 8.55. The average Bonchev–Trinajstić information content (AvgIpc) is 3.20. The van der Waals surface area contributed by atoms with E-state index < -0.39 is 33.8 Å². The van der Waals surface area contributed by atoms with Crippen LogP contribution >= 0.6 is 0 Å². The fourth-order valence-corrected chi connectivity index (χ4v) is 7.32. The number of carbonyl (C=O) groups excluding carboxylic acids is 3. The molecule has 0 bridgehead atoms. The van der Waals surface area contributed by atoms with Gasteiger partial charge >= 0.3 is 5.97 Å². The Bertz CT molecular complexity index is 1360. The van der Waals surface area contributed by atoms with Gasteiger partial charge in [-0.15, -0.1) is 0 Å². The Hall–Kier alpha value is -3.12. The third kappa shape index (κ3) is 5.62. The van der Waals surface area contributed by atoms with Crippen LogP contribution in [0.25, 0.3) is 0 Å². The van der Waals surface area contributed by atoms with E-state index in [4.69, 9.17) is 9.47 Å². The topological polar surface area (TPSA) is 114 Å². The van der Waals surface area contributed by atoms with E-state index in [9.17, 15) is 22.8 Å². The van der Waals surface area contributed by atoms with E-state index >= 15 is 0 Å². The van der Waals surface area contributed by atoms with Gasteiger partial charge in [0.2, 0.25) is 15.9 Å². The van der Waals surface area contributed by atoms with E-state index in [1.54, 1.807) is 13.8 Å². The number of nitrogens with zero attached hydrogens (tertiary/aromatic N) is 3. The van der Waals surface area contributed by atoms with Crippen LogP contribution in [0.1, 0.15) is 39.0 Å². The van der Waals surface area contributed by atoms with Crippen molar-refractivity contribution in [2.75, 3.05) is 51.4 Å². The molecule has 2 saturated heterocycles. The lowest BCUT2D eigenvalue weighted by Crippen LogP contribution is -2.49. The van der Waals surface area contributed by atoms with Crippen LogP contribution in [-0.4, -0.2) is 88.0 Å². The first kappa shape index (κ1) is 28.9. The molecule has 11 heteroatoms. The van der Waals surface area contributed by atoms with Crippen molar-refractivity contribution < 1.29 is 32.3 Å². The Morgan fingerprint density at radius 3 is 2.18 bits per heavy atom. The number of ether oxygens (including phenoxy) is 2. The predicted octanol–water partition coefficient (Wildman–Crippen LogP) is 2.36.